The van der Waals surface area contributed by atoms with E-state index in [9.17, 15) is 4.39 Å². The molecular weight excluding hydrogens is 267 g/mol. The number of allylic oxidation sites excluding steroid dienone is 2. The lowest BCUT2D eigenvalue weighted by atomic mass is 10.2. The molecule has 1 aliphatic heterocycles. The third-order valence-corrected chi connectivity index (χ3v) is 1.96. The van der Waals surface area contributed by atoms with Gasteiger partial charge in [-0.1, -0.05) is 54.7 Å². The topological polar surface area (TPSA) is 18.5 Å². The first-order chi connectivity index (χ1) is 10.2. The molecule has 0 bridgehead atoms. The molecule has 0 aliphatic carbocycles. The molecule has 118 valence electrons. The van der Waals surface area contributed by atoms with E-state index in [1.54, 1.807) is 0 Å². The third kappa shape index (κ3) is 6.30. The van der Waals surface area contributed by atoms with Crippen molar-refractivity contribution in [3.63, 3.8) is 0 Å². The molecule has 1 aromatic rings. The molecule has 0 radical (unpaired) electrons. The van der Waals surface area contributed by atoms with E-state index in [4.69, 9.17) is 9.47 Å². The van der Waals surface area contributed by atoms with Gasteiger partial charge in [0.05, 0.1) is 0 Å². The summed E-state index contributed by atoms with van der Waals surface area (Å²) in [5, 5.41) is 0. The van der Waals surface area contributed by atoms with Gasteiger partial charge in [0.25, 0.3) is 0 Å². The van der Waals surface area contributed by atoms with Gasteiger partial charge in [0.15, 0.2) is 23.0 Å². The lowest BCUT2D eigenvalue weighted by Crippen LogP contribution is -2.09. The molecule has 0 atom stereocenters. The van der Waals surface area contributed by atoms with E-state index in [1.807, 2.05) is 41.5 Å². The minimum Gasteiger partial charge on any atom is -0.450 e. The van der Waals surface area contributed by atoms with Gasteiger partial charge in [-0.3, -0.25) is 0 Å². The Morgan fingerprint density at radius 3 is 1.67 bits per heavy atom. The maximum Gasteiger partial charge on any atom is 0.173 e. The molecule has 3 heteroatoms. The number of halogens is 1. The van der Waals surface area contributed by atoms with Crippen LogP contribution in [0.3, 0.4) is 0 Å². The summed E-state index contributed by atoms with van der Waals surface area (Å²) >= 11 is 0. The summed E-state index contributed by atoms with van der Waals surface area (Å²) < 4.78 is 23.7. The van der Waals surface area contributed by atoms with E-state index >= 15 is 0 Å². The van der Waals surface area contributed by atoms with Gasteiger partial charge in [-0.25, -0.2) is 4.39 Å². The summed E-state index contributed by atoms with van der Waals surface area (Å²) in [7, 11) is 0. The summed E-state index contributed by atoms with van der Waals surface area (Å²) in [5.41, 5.74) is 0. The summed E-state index contributed by atoms with van der Waals surface area (Å²) in [6.45, 7) is 19.2. The van der Waals surface area contributed by atoms with Crippen LogP contribution in [-0.4, -0.2) is 0 Å². The number of rotatable bonds is 2. The Labute approximate surface area is 128 Å². The van der Waals surface area contributed by atoms with E-state index in [1.165, 1.54) is 30.4 Å². The quantitative estimate of drug-likeness (QED) is 0.641. The zero-order chi connectivity index (χ0) is 16.8. The minimum atomic E-state index is -0.372. The largest absolute Gasteiger partial charge is 0.450 e. The lowest BCUT2D eigenvalue weighted by molar-refractivity contribution is 0.314. The second-order valence-corrected chi connectivity index (χ2v) is 2.93. The Hall–Kier alpha value is -2.03. The SMILES string of the molecule is C=CC1=C(C=C)Oc2cc(F)ccc2O1.CC.CC.CC. The Bertz CT molecular complexity index is 462. The second kappa shape index (κ2) is 13.0. The van der Waals surface area contributed by atoms with E-state index in [-0.39, 0.29) is 5.82 Å². The fraction of sp³-hybridized carbons (Fsp3) is 0.333. The van der Waals surface area contributed by atoms with Crippen molar-refractivity contribution in [2.75, 3.05) is 0 Å². The summed E-state index contributed by atoms with van der Waals surface area (Å²) in [4.78, 5) is 0. The smallest absolute Gasteiger partial charge is 0.173 e. The van der Waals surface area contributed by atoms with Crippen LogP contribution >= 0.6 is 0 Å². The lowest BCUT2D eigenvalue weighted by Gasteiger charge is -2.20. The normalized spacial score (nSPS) is 10.6. The van der Waals surface area contributed by atoms with Crippen molar-refractivity contribution in [1.29, 1.82) is 0 Å². The maximum atomic E-state index is 12.9. The number of hydrogen-bond donors (Lipinski definition) is 0. The predicted molar refractivity (Wildman–Crippen MR) is 89.1 cm³/mol. The standard InChI is InChI=1S/C12H9FO2.3C2H6/c1-3-9-10(4-2)15-12-7-8(13)5-6-11(12)14-9;3*1-2/h3-7H,1-2H2;3*1-2H3. The first-order valence-corrected chi connectivity index (χ1v) is 7.39. The highest BCUT2D eigenvalue weighted by Crippen LogP contribution is 2.35. The van der Waals surface area contributed by atoms with Crippen LogP contribution in [0.15, 0.2) is 55.0 Å². The van der Waals surface area contributed by atoms with Crippen LogP contribution in [-0.2, 0) is 0 Å². The molecule has 0 spiro atoms. The molecule has 0 amide bonds. The molecule has 0 saturated carbocycles. The average molecular weight is 294 g/mol. The van der Waals surface area contributed by atoms with Gasteiger partial charge < -0.3 is 9.47 Å². The van der Waals surface area contributed by atoms with Gasteiger partial charge >= 0.3 is 0 Å². The molecule has 1 aliphatic rings. The maximum absolute atomic E-state index is 12.9. The average Bonchev–Trinajstić information content (AvgIpc) is 2.59. The Kier molecular flexibility index (Phi) is 13.1. The first kappa shape index (κ1) is 21.3. The molecule has 1 heterocycles. The zero-order valence-electron chi connectivity index (χ0n) is 14.0. The van der Waals surface area contributed by atoms with Crippen LogP contribution in [0, 0.1) is 5.82 Å². The highest BCUT2D eigenvalue weighted by Gasteiger charge is 2.18. The molecule has 2 nitrogen and oxygen atoms in total. The van der Waals surface area contributed by atoms with Gasteiger partial charge in [0.2, 0.25) is 0 Å². The predicted octanol–water partition coefficient (Wildman–Crippen LogP) is 6.26. The monoisotopic (exact) mass is 294 g/mol. The fourth-order valence-corrected chi connectivity index (χ4v) is 1.27. The van der Waals surface area contributed by atoms with Crippen molar-refractivity contribution in [3.8, 4) is 11.5 Å². The zero-order valence-corrected chi connectivity index (χ0v) is 14.0. The van der Waals surface area contributed by atoms with Gasteiger partial charge in [0.1, 0.15) is 5.82 Å². The van der Waals surface area contributed by atoms with Crippen LogP contribution in [0.2, 0.25) is 0 Å². The van der Waals surface area contributed by atoms with Crippen molar-refractivity contribution in [2.45, 2.75) is 41.5 Å². The Morgan fingerprint density at radius 2 is 1.24 bits per heavy atom. The van der Waals surface area contributed by atoms with Gasteiger partial charge in [-0.05, 0) is 24.3 Å². The number of ether oxygens (including phenoxy) is 2. The van der Waals surface area contributed by atoms with Gasteiger partial charge in [0, 0.05) is 6.07 Å². The fourth-order valence-electron chi connectivity index (χ4n) is 1.27. The van der Waals surface area contributed by atoms with Crippen molar-refractivity contribution in [3.05, 3.63) is 60.8 Å². The van der Waals surface area contributed by atoms with Crippen LogP contribution in [0.1, 0.15) is 41.5 Å². The van der Waals surface area contributed by atoms with Crippen LogP contribution in [0.4, 0.5) is 4.39 Å². The van der Waals surface area contributed by atoms with Crippen LogP contribution in [0.25, 0.3) is 0 Å². The number of fused-ring (bicyclic) bond motifs is 1. The highest BCUT2D eigenvalue weighted by molar-refractivity contribution is 5.47. The van der Waals surface area contributed by atoms with Crippen molar-refractivity contribution in [2.24, 2.45) is 0 Å². The highest BCUT2D eigenvalue weighted by atomic mass is 19.1. The van der Waals surface area contributed by atoms with E-state index in [0.29, 0.717) is 23.0 Å². The molecule has 0 N–H and O–H groups in total. The van der Waals surface area contributed by atoms with Crippen molar-refractivity contribution >= 4 is 0 Å². The van der Waals surface area contributed by atoms with Gasteiger partial charge in [-0.15, -0.1) is 0 Å². The molecule has 0 unspecified atom stereocenters. The molecule has 2 rings (SSSR count). The van der Waals surface area contributed by atoms with E-state index in [0.717, 1.165) is 0 Å². The molecule has 0 saturated heterocycles. The van der Waals surface area contributed by atoms with Crippen LogP contribution < -0.4 is 9.47 Å². The molecule has 0 fully saturated rings. The van der Waals surface area contributed by atoms with Crippen LogP contribution in [0.5, 0.6) is 11.5 Å². The Morgan fingerprint density at radius 1 is 0.810 bits per heavy atom. The molecule has 0 aromatic heterocycles. The minimum absolute atomic E-state index is 0.343. The first-order valence-electron chi connectivity index (χ1n) is 7.39. The third-order valence-electron chi connectivity index (χ3n) is 1.96. The Balaban J connectivity index is 0. The van der Waals surface area contributed by atoms with E-state index in [2.05, 4.69) is 13.2 Å². The summed E-state index contributed by atoms with van der Waals surface area (Å²) in [5.74, 6) is 1.35. The van der Waals surface area contributed by atoms with Crippen molar-refractivity contribution < 1.29 is 13.9 Å². The molecular formula is C18H27FO2. The van der Waals surface area contributed by atoms with E-state index < -0.39 is 0 Å². The second-order valence-electron chi connectivity index (χ2n) is 2.93. The van der Waals surface area contributed by atoms with Gasteiger partial charge in [-0.2, -0.15) is 0 Å². The molecule has 21 heavy (non-hydrogen) atoms. The number of hydrogen-bond acceptors (Lipinski definition) is 2. The van der Waals surface area contributed by atoms with Crippen molar-refractivity contribution in [1.82, 2.24) is 0 Å². The summed E-state index contributed by atoms with van der Waals surface area (Å²) in [6.07, 6.45) is 3.01. The molecule has 1 aromatic carbocycles. The summed E-state index contributed by atoms with van der Waals surface area (Å²) in [6, 6.07) is 4.08. The number of benzene rings is 1.